The predicted octanol–water partition coefficient (Wildman–Crippen LogP) is 2.78. The molecule has 0 saturated heterocycles. The molecule has 0 spiro atoms. The smallest absolute Gasteiger partial charge is 0.321 e. The molecule has 18 heavy (non-hydrogen) atoms. The Morgan fingerprint density at radius 3 is 2.39 bits per heavy atom. The van der Waals surface area contributed by atoms with Crippen molar-refractivity contribution in [2.75, 3.05) is 5.32 Å². The molecule has 0 aliphatic heterocycles. The van der Waals surface area contributed by atoms with E-state index in [2.05, 4.69) is 0 Å². The number of hydrogen-bond acceptors (Lipinski definition) is 2. The molecule has 96 valence electrons. The lowest BCUT2D eigenvalue weighted by Crippen LogP contribution is -2.20. The number of benzene rings is 1. The van der Waals surface area contributed by atoms with Gasteiger partial charge in [0, 0.05) is 5.69 Å². The Labute approximate surface area is 97.8 Å². The largest absolute Gasteiger partial charge is 0.417 e. The quantitative estimate of drug-likeness (QED) is 0.835. The second-order valence-corrected chi connectivity index (χ2v) is 3.16. The number of nitriles is 1. The monoisotopic (exact) mass is 264 g/mol. The van der Waals surface area contributed by atoms with E-state index in [1.165, 1.54) is 6.07 Å². The molecule has 1 aromatic rings. The lowest BCUT2D eigenvalue weighted by atomic mass is 10.1. The van der Waals surface area contributed by atoms with Gasteiger partial charge in [0.05, 0.1) is 17.2 Å². The van der Waals surface area contributed by atoms with E-state index in [0.29, 0.717) is 6.07 Å². The molecule has 1 rings (SSSR count). The number of carbonyl (C=O) groups is 1. The summed E-state index contributed by atoms with van der Waals surface area (Å²) < 4.78 is 61.3. The minimum Gasteiger partial charge on any atom is -0.321 e. The van der Waals surface area contributed by atoms with Gasteiger partial charge in [-0.25, -0.2) is 0 Å². The molecule has 8 heteroatoms. The third kappa shape index (κ3) is 3.16. The first-order valence-electron chi connectivity index (χ1n) is 4.46. The third-order valence-electron chi connectivity index (χ3n) is 1.91. The van der Waals surface area contributed by atoms with Gasteiger partial charge in [0.15, 0.2) is 0 Å². The van der Waals surface area contributed by atoms with E-state index in [-0.39, 0.29) is 0 Å². The number of rotatable bonds is 2. The Morgan fingerprint density at radius 2 is 1.94 bits per heavy atom. The van der Waals surface area contributed by atoms with Crippen LogP contribution in [0.25, 0.3) is 0 Å². The first-order valence-corrected chi connectivity index (χ1v) is 4.46. The van der Waals surface area contributed by atoms with Gasteiger partial charge < -0.3 is 5.32 Å². The lowest BCUT2D eigenvalue weighted by Gasteiger charge is -2.11. The van der Waals surface area contributed by atoms with Gasteiger partial charge >= 0.3 is 12.6 Å². The van der Waals surface area contributed by atoms with Gasteiger partial charge in [-0.05, 0) is 18.2 Å². The minimum absolute atomic E-state index is 0.429. The summed E-state index contributed by atoms with van der Waals surface area (Å²) in [5, 5.41) is 10.1. The highest BCUT2D eigenvalue weighted by Crippen LogP contribution is 2.33. The number of hydrogen-bond donors (Lipinski definition) is 1. The standard InChI is InChI=1S/C10H5F5N2O/c11-8(12)9(18)17-6-2-1-5(4-16)7(3-6)10(13,14)15/h1-3,8H,(H,17,18). The van der Waals surface area contributed by atoms with Crippen LogP contribution in [0.1, 0.15) is 11.1 Å². The van der Waals surface area contributed by atoms with Crippen LogP contribution in [0.5, 0.6) is 0 Å². The fourth-order valence-corrected chi connectivity index (χ4v) is 1.15. The fraction of sp³-hybridized carbons (Fsp3) is 0.200. The molecule has 0 aliphatic carbocycles. The summed E-state index contributed by atoms with van der Waals surface area (Å²) in [6.07, 6.45) is -8.15. The van der Waals surface area contributed by atoms with Crippen LogP contribution in [0.3, 0.4) is 0 Å². The van der Waals surface area contributed by atoms with Gasteiger partial charge in [0.25, 0.3) is 5.91 Å². The molecule has 3 nitrogen and oxygen atoms in total. The molecular weight excluding hydrogens is 259 g/mol. The molecule has 1 amide bonds. The zero-order valence-corrected chi connectivity index (χ0v) is 8.55. The Hall–Kier alpha value is -2.17. The van der Waals surface area contributed by atoms with Crippen molar-refractivity contribution < 1.29 is 26.7 Å². The van der Waals surface area contributed by atoms with Gasteiger partial charge in [0.1, 0.15) is 0 Å². The zero-order valence-electron chi connectivity index (χ0n) is 8.55. The average molecular weight is 264 g/mol. The lowest BCUT2D eigenvalue weighted by molar-refractivity contribution is -0.137. The highest BCUT2D eigenvalue weighted by Gasteiger charge is 2.34. The Bertz CT molecular complexity index is 504. The van der Waals surface area contributed by atoms with E-state index in [4.69, 9.17) is 5.26 Å². The molecule has 0 saturated carbocycles. The minimum atomic E-state index is -4.81. The molecule has 0 aromatic heterocycles. The van der Waals surface area contributed by atoms with Crippen molar-refractivity contribution >= 4 is 11.6 Å². The highest BCUT2D eigenvalue weighted by atomic mass is 19.4. The molecule has 1 N–H and O–H groups in total. The number of halogens is 5. The molecule has 0 fully saturated rings. The SMILES string of the molecule is N#Cc1ccc(NC(=O)C(F)F)cc1C(F)(F)F. The molecule has 1 aromatic carbocycles. The van der Waals surface area contributed by atoms with Crippen molar-refractivity contribution in [3.8, 4) is 6.07 Å². The number of amides is 1. The van der Waals surface area contributed by atoms with Crippen molar-refractivity contribution in [2.24, 2.45) is 0 Å². The first-order chi connectivity index (χ1) is 8.25. The van der Waals surface area contributed by atoms with Crippen molar-refractivity contribution in [1.82, 2.24) is 0 Å². The van der Waals surface area contributed by atoms with E-state index in [0.717, 1.165) is 12.1 Å². The van der Waals surface area contributed by atoms with Crippen LogP contribution in [0.2, 0.25) is 0 Å². The maximum absolute atomic E-state index is 12.5. The Morgan fingerprint density at radius 1 is 1.33 bits per heavy atom. The summed E-state index contributed by atoms with van der Waals surface area (Å²) in [6.45, 7) is 0. The Kier molecular flexibility index (Phi) is 3.86. The van der Waals surface area contributed by atoms with E-state index in [1.807, 2.05) is 0 Å². The number of nitrogens with one attached hydrogen (secondary N) is 1. The average Bonchev–Trinajstić information content (AvgIpc) is 2.27. The number of carbonyl (C=O) groups excluding carboxylic acids is 1. The number of nitrogens with zero attached hydrogens (tertiary/aromatic N) is 1. The van der Waals surface area contributed by atoms with Gasteiger partial charge in [-0.1, -0.05) is 0 Å². The van der Waals surface area contributed by atoms with Crippen LogP contribution in [0.4, 0.5) is 27.6 Å². The fourth-order valence-electron chi connectivity index (χ4n) is 1.15. The van der Waals surface area contributed by atoms with Crippen molar-refractivity contribution in [2.45, 2.75) is 12.6 Å². The summed E-state index contributed by atoms with van der Waals surface area (Å²) in [6, 6.07) is 3.49. The zero-order chi connectivity index (χ0) is 13.9. The molecular formula is C10H5F5N2O. The van der Waals surface area contributed by atoms with Crippen LogP contribution in [0, 0.1) is 11.3 Å². The summed E-state index contributed by atoms with van der Waals surface area (Å²) in [7, 11) is 0. The normalized spacial score (nSPS) is 11.2. The molecule has 0 bridgehead atoms. The second kappa shape index (κ2) is 5.00. The third-order valence-corrected chi connectivity index (χ3v) is 1.91. The summed E-state index contributed by atoms with van der Waals surface area (Å²) in [5.41, 5.74) is -2.40. The van der Waals surface area contributed by atoms with Crippen LogP contribution < -0.4 is 5.32 Å². The first kappa shape index (κ1) is 13.9. The van der Waals surface area contributed by atoms with Crippen LogP contribution in [-0.4, -0.2) is 12.3 Å². The molecule has 0 unspecified atom stereocenters. The van der Waals surface area contributed by atoms with E-state index in [1.54, 1.807) is 5.32 Å². The maximum Gasteiger partial charge on any atom is 0.417 e. The topological polar surface area (TPSA) is 52.9 Å². The molecule has 0 aliphatic rings. The number of anilines is 1. The summed E-state index contributed by atoms with van der Waals surface area (Å²) >= 11 is 0. The summed E-state index contributed by atoms with van der Waals surface area (Å²) in [4.78, 5) is 10.6. The van der Waals surface area contributed by atoms with Crippen molar-refractivity contribution in [3.63, 3.8) is 0 Å². The van der Waals surface area contributed by atoms with Crippen LogP contribution in [-0.2, 0) is 11.0 Å². The molecule has 0 atom stereocenters. The molecule has 0 radical (unpaired) electrons. The van der Waals surface area contributed by atoms with E-state index >= 15 is 0 Å². The van der Waals surface area contributed by atoms with Gasteiger partial charge in [0.2, 0.25) is 0 Å². The van der Waals surface area contributed by atoms with Crippen molar-refractivity contribution in [1.29, 1.82) is 5.26 Å². The van der Waals surface area contributed by atoms with Gasteiger partial charge in [-0.15, -0.1) is 0 Å². The predicted molar refractivity (Wildman–Crippen MR) is 50.8 cm³/mol. The summed E-state index contributed by atoms with van der Waals surface area (Å²) in [5.74, 6) is -1.71. The van der Waals surface area contributed by atoms with Gasteiger partial charge in [-0.2, -0.15) is 27.2 Å². The van der Waals surface area contributed by atoms with Crippen molar-refractivity contribution in [3.05, 3.63) is 29.3 Å². The number of alkyl halides is 5. The van der Waals surface area contributed by atoms with E-state index < -0.39 is 35.3 Å². The van der Waals surface area contributed by atoms with Gasteiger partial charge in [-0.3, -0.25) is 4.79 Å². The highest BCUT2D eigenvalue weighted by molar-refractivity contribution is 5.93. The Balaban J connectivity index is 3.13. The van der Waals surface area contributed by atoms with Crippen LogP contribution in [0.15, 0.2) is 18.2 Å². The maximum atomic E-state index is 12.5. The van der Waals surface area contributed by atoms with E-state index in [9.17, 15) is 26.7 Å². The second-order valence-electron chi connectivity index (χ2n) is 3.16. The van der Waals surface area contributed by atoms with Crippen LogP contribution >= 0.6 is 0 Å². The molecule has 0 heterocycles.